The summed E-state index contributed by atoms with van der Waals surface area (Å²) in [5, 5.41) is 4.59. The van der Waals surface area contributed by atoms with Crippen molar-refractivity contribution in [3.8, 4) is 11.8 Å². The first-order chi connectivity index (χ1) is 8.31. The smallest absolute Gasteiger partial charge is 0.0725 e. The lowest BCUT2D eigenvalue weighted by molar-refractivity contribution is 1.09. The largest absolute Gasteiger partial charge is 0.383 e. The summed E-state index contributed by atoms with van der Waals surface area (Å²) < 4.78 is 0. The van der Waals surface area contributed by atoms with E-state index in [1.54, 1.807) is 0 Å². The first-order valence-corrected chi connectivity index (χ1v) is 5.81. The summed E-state index contributed by atoms with van der Waals surface area (Å²) in [5.41, 5.74) is 3.22. The standard InChI is InChI=1S/C15H16N2/c1-3-4-7-10-16-15-11-12(2)17-14-9-6-5-8-13(14)15/h5-6,8-9,11H,7,10H2,1-2H3,(H,16,17). The maximum absolute atomic E-state index is 4.51. The molecule has 0 aliphatic heterocycles. The second kappa shape index (κ2) is 5.36. The molecule has 1 aromatic heterocycles. The fourth-order valence-electron chi connectivity index (χ4n) is 1.84. The molecule has 17 heavy (non-hydrogen) atoms. The second-order valence-corrected chi connectivity index (χ2v) is 3.93. The van der Waals surface area contributed by atoms with Crippen molar-refractivity contribution in [3.63, 3.8) is 0 Å². The molecule has 2 heteroatoms. The van der Waals surface area contributed by atoms with Crippen LogP contribution in [0, 0.1) is 18.8 Å². The quantitative estimate of drug-likeness (QED) is 0.638. The van der Waals surface area contributed by atoms with Crippen LogP contribution in [0.15, 0.2) is 30.3 Å². The van der Waals surface area contributed by atoms with Crippen molar-refractivity contribution in [1.29, 1.82) is 0 Å². The van der Waals surface area contributed by atoms with E-state index >= 15 is 0 Å². The number of nitrogens with one attached hydrogen (secondary N) is 1. The molecule has 0 unspecified atom stereocenters. The van der Waals surface area contributed by atoms with Gasteiger partial charge in [-0.3, -0.25) is 4.98 Å². The van der Waals surface area contributed by atoms with Crippen LogP contribution in [0.4, 0.5) is 5.69 Å². The minimum Gasteiger partial charge on any atom is -0.383 e. The molecule has 0 aliphatic rings. The molecular formula is C15H16N2. The summed E-state index contributed by atoms with van der Waals surface area (Å²) in [5.74, 6) is 5.95. The van der Waals surface area contributed by atoms with Crippen molar-refractivity contribution in [2.24, 2.45) is 0 Å². The average molecular weight is 224 g/mol. The van der Waals surface area contributed by atoms with Gasteiger partial charge in [0.15, 0.2) is 0 Å². The second-order valence-electron chi connectivity index (χ2n) is 3.93. The van der Waals surface area contributed by atoms with Gasteiger partial charge in [0.25, 0.3) is 0 Å². The number of nitrogens with zero attached hydrogens (tertiary/aromatic N) is 1. The number of pyridine rings is 1. The highest BCUT2D eigenvalue weighted by Crippen LogP contribution is 2.22. The van der Waals surface area contributed by atoms with Gasteiger partial charge in [-0.05, 0) is 26.0 Å². The van der Waals surface area contributed by atoms with Gasteiger partial charge in [0, 0.05) is 29.7 Å². The zero-order valence-corrected chi connectivity index (χ0v) is 10.2. The summed E-state index contributed by atoms with van der Waals surface area (Å²) in [6.45, 7) is 4.75. The van der Waals surface area contributed by atoms with Crippen LogP contribution in [0.1, 0.15) is 19.0 Å². The SMILES string of the molecule is CC#CCCNc1cc(C)nc2ccccc12. The van der Waals surface area contributed by atoms with E-state index < -0.39 is 0 Å². The first kappa shape index (κ1) is 11.5. The molecule has 1 aromatic carbocycles. The molecule has 0 saturated heterocycles. The Morgan fingerprint density at radius 3 is 2.94 bits per heavy atom. The fraction of sp³-hybridized carbons (Fsp3) is 0.267. The molecule has 0 bridgehead atoms. The van der Waals surface area contributed by atoms with E-state index in [0.29, 0.717) is 0 Å². The molecule has 0 atom stereocenters. The van der Waals surface area contributed by atoms with Gasteiger partial charge >= 0.3 is 0 Å². The predicted molar refractivity (Wildman–Crippen MR) is 73.0 cm³/mol. The molecule has 2 rings (SSSR count). The van der Waals surface area contributed by atoms with Crippen LogP contribution in [-0.2, 0) is 0 Å². The number of hydrogen-bond donors (Lipinski definition) is 1. The van der Waals surface area contributed by atoms with Crippen LogP contribution in [0.3, 0.4) is 0 Å². The van der Waals surface area contributed by atoms with Crippen LogP contribution in [0.5, 0.6) is 0 Å². The number of aryl methyl sites for hydroxylation is 1. The van der Waals surface area contributed by atoms with E-state index in [0.717, 1.165) is 29.9 Å². The third-order valence-corrected chi connectivity index (χ3v) is 2.59. The molecule has 0 saturated carbocycles. The van der Waals surface area contributed by atoms with Gasteiger partial charge in [-0.25, -0.2) is 0 Å². The minimum absolute atomic E-state index is 0.867. The molecule has 0 fully saturated rings. The Morgan fingerprint density at radius 2 is 2.12 bits per heavy atom. The van der Waals surface area contributed by atoms with Gasteiger partial charge in [0.1, 0.15) is 0 Å². The van der Waals surface area contributed by atoms with Crippen molar-refractivity contribution >= 4 is 16.6 Å². The molecular weight excluding hydrogens is 208 g/mol. The van der Waals surface area contributed by atoms with Gasteiger partial charge in [0.2, 0.25) is 0 Å². The number of aromatic nitrogens is 1. The first-order valence-electron chi connectivity index (χ1n) is 5.81. The van der Waals surface area contributed by atoms with E-state index in [1.807, 2.05) is 32.0 Å². The Kier molecular flexibility index (Phi) is 3.62. The van der Waals surface area contributed by atoms with Crippen LogP contribution in [0.25, 0.3) is 10.9 Å². The van der Waals surface area contributed by atoms with Crippen molar-refractivity contribution < 1.29 is 0 Å². The molecule has 1 heterocycles. The lowest BCUT2D eigenvalue weighted by atomic mass is 10.1. The number of para-hydroxylation sites is 1. The summed E-state index contributed by atoms with van der Waals surface area (Å²) in [6, 6.07) is 10.3. The van der Waals surface area contributed by atoms with E-state index in [-0.39, 0.29) is 0 Å². The zero-order chi connectivity index (χ0) is 12.1. The van der Waals surface area contributed by atoms with Gasteiger partial charge in [-0.15, -0.1) is 11.8 Å². The fourth-order valence-corrected chi connectivity index (χ4v) is 1.84. The Hall–Kier alpha value is -2.01. The minimum atomic E-state index is 0.867. The number of fused-ring (bicyclic) bond motifs is 1. The maximum Gasteiger partial charge on any atom is 0.0725 e. The van der Waals surface area contributed by atoms with E-state index in [4.69, 9.17) is 0 Å². The Balaban J connectivity index is 2.28. The van der Waals surface area contributed by atoms with Gasteiger partial charge in [0.05, 0.1) is 5.52 Å². The van der Waals surface area contributed by atoms with Crippen LogP contribution >= 0.6 is 0 Å². The van der Waals surface area contributed by atoms with Crippen molar-refractivity contribution in [2.45, 2.75) is 20.3 Å². The van der Waals surface area contributed by atoms with Crippen molar-refractivity contribution in [2.75, 3.05) is 11.9 Å². The normalized spacial score (nSPS) is 9.76. The molecule has 0 radical (unpaired) electrons. The number of anilines is 1. The third kappa shape index (κ3) is 2.76. The number of rotatable bonds is 3. The topological polar surface area (TPSA) is 24.9 Å². The Labute approximate surface area is 102 Å². The third-order valence-electron chi connectivity index (χ3n) is 2.59. The van der Waals surface area contributed by atoms with Crippen molar-refractivity contribution in [1.82, 2.24) is 4.98 Å². The monoisotopic (exact) mass is 224 g/mol. The van der Waals surface area contributed by atoms with Gasteiger partial charge in [-0.2, -0.15) is 0 Å². The van der Waals surface area contributed by atoms with Gasteiger partial charge in [-0.1, -0.05) is 18.2 Å². The van der Waals surface area contributed by atoms with E-state index in [2.05, 4.69) is 34.3 Å². The van der Waals surface area contributed by atoms with E-state index in [9.17, 15) is 0 Å². The summed E-state index contributed by atoms with van der Waals surface area (Å²) >= 11 is 0. The van der Waals surface area contributed by atoms with Crippen molar-refractivity contribution in [3.05, 3.63) is 36.0 Å². The highest BCUT2D eigenvalue weighted by atomic mass is 14.9. The lowest BCUT2D eigenvalue weighted by Crippen LogP contribution is -2.02. The molecule has 0 spiro atoms. The number of hydrogen-bond acceptors (Lipinski definition) is 2. The van der Waals surface area contributed by atoms with E-state index in [1.165, 1.54) is 5.39 Å². The Bertz CT molecular complexity index is 576. The predicted octanol–water partition coefficient (Wildman–Crippen LogP) is 3.37. The molecule has 1 N–H and O–H groups in total. The molecule has 2 aromatic rings. The summed E-state index contributed by atoms with van der Waals surface area (Å²) in [4.78, 5) is 4.51. The zero-order valence-electron chi connectivity index (χ0n) is 10.2. The number of benzene rings is 1. The molecule has 0 aliphatic carbocycles. The molecule has 2 nitrogen and oxygen atoms in total. The lowest BCUT2D eigenvalue weighted by Gasteiger charge is -2.09. The van der Waals surface area contributed by atoms with Crippen LogP contribution in [0.2, 0.25) is 0 Å². The summed E-state index contributed by atoms with van der Waals surface area (Å²) in [7, 11) is 0. The highest BCUT2D eigenvalue weighted by Gasteiger charge is 2.02. The van der Waals surface area contributed by atoms with Crippen LogP contribution in [-0.4, -0.2) is 11.5 Å². The highest BCUT2D eigenvalue weighted by molar-refractivity contribution is 5.91. The average Bonchev–Trinajstić information content (AvgIpc) is 2.34. The van der Waals surface area contributed by atoms with Crippen LogP contribution < -0.4 is 5.32 Å². The molecule has 86 valence electrons. The maximum atomic E-state index is 4.51. The molecule has 0 amide bonds. The summed E-state index contributed by atoms with van der Waals surface area (Å²) in [6.07, 6.45) is 0.867. The Morgan fingerprint density at radius 1 is 1.29 bits per heavy atom. The van der Waals surface area contributed by atoms with Gasteiger partial charge < -0.3 is 5.32 Å².